The van der Waals surface area contributed by atoms with Gasteiger partial charge in [-0.3, -0.25) is 4.79 Å². The van der Waals surface area contributed by atoms with E-state index in [1.165, 1.54) is 0 Å². The van der Waals surface area contributed by atoms with Gasteiger partial charge in [0.1, 0.15) is 12.0 Å². The fourth-order valence-electron chi connectivity index (χ4n) is 2.09. The highest BCUT2D eigenvalue weighted by Gasteiger charge is 2.47. The van der Waals surface area contributed by atoms with Gasteiger partial charge in [0.2, 0.25) is 0 Å². The van der Waals surface area contributed by atoms with E-state index in [2.05, 4.69) is 5.32 Å². The Labute approximate surface area is 134 Å². The lowest BCUT2D eigenvalue weighted by molar-refractivity contribution is -0.148. The molecule has 2 N–H and O–H groups in total. The molecule has 0 spiro atoms. The molecule has 1 aliphatic carbocycles. The lowest BCUT2D eigenvalue weighted by atomic mass is 9.71. The van der Waals surface area contributed by atoms with Crippen LogP contribution in [0.25, 0.3) is 0 Å². The zero-order chi connectivity index (χ0) is 16.0. The number of thiocarbonyl (C=S) groups is 1. The van der Waals surface area contributed by atoms with Crippen LogP contribution in [0.1, 0.15) is 13.8 Å². The number of carbonyl (C=O) groups is 1. The highest BCUT2D eigenvalue weighted by molar-refractivity contribution is 7.80. The van der Waals surface area contributed by atoms with E-state index in [0.29, 0.717) is 18.9 Å². The van der Waals surface area contributed by atoms with Crippen molar-refractivity contribution in [3.8, 4) is 0 Å². The van der Waals surface area contributed by atoms with E-state index < -0.39 is 16.8 Å². The van der Waals surface area contributed by atoms with Crippen LogP contribution in [0.15, 0.2) is 23.9 Å². The second kappa shape index (κ2) is 7.77. The van der Waals surface area contributed by atoms with Crippen LogP contribution in [-0.2, 0) is 14.3 Å². The van der Waals surface area contributed by atoms with E-state index in [-0.39, 0.29) is 11.1 Å². The molecule has 1 aliphatic rings. The molecule has 0 aromatic heterocycles. The van der Waals surface area contributed by atoms with Gasteiger partial charge in [-0.15, -0.1) is 11.6 Å². The number of rotatable bonds is 6. The van der Waals surface area contributed by atoms with Gasteiger partial charge in [0.15, 0.2) is 0 Å². The average Bonchev–Trinajstić information content (AvgIpc) is 2.40. The van der Waals surface area contributed by atoms with Crippen molar-refractivity contribution >= 4 is 35.0 Å². The summed E-state index contributed by atoms with van der Waals surface area (Å²) in [4.78, 5) is 11.7. The maximum atomic E-state index is 11.7. The summed E-state index contributed by atoms with van der Waals surface area (Å²) in [6.45, 7) is 4.39. The lowest BCUT2D eigenvalue weighted by Crippen LogP contribution is -2.44. The van der Waals surface area contributed by atoms with E-state index in [1.54, 1.807) is 25.3 Å². The molecule has 0 aromatic carbocycles. The normalized spacial score (nSPS) is 24.6. The summed E-state index contributed by atoms with van der Waals surface area (Å²) in [5.41, 5.74) is -0.619. The van der Waals surface area contributed by atoms with Gasteiger partial charge in [-0.05, 0) is 30.3 Å². The molecule has 0 radical (unpaired) electrons. The molecule has 0 aromatic rings. The molecular weight excluding hydrogens is 314 g/mol. The van der Waals surface area contributed by atoms with Crippen LogP contribution in [0.4, 0.5) is 0 Å². The quantitative estimate of drug-likeness (QED) is 0.442. The Morgan fingerprint density at radius 1 is 1.57 bits per heavy atom. The number of alkyl halides is 1. The van der Waals surface area contributed by atoms with Crippen LogP contribution in [0.3, 0.4) is 0 Å². The number of methoxy groups -OCH3 is 1. The zero-order valence-corrected chi connectivity index (χ0v) is 13.8. The Balaban J connectivity index is 2.86. The number of nitrogens with one attached hydrogen (secondary N) is 1. The number of halogens is 1. The molecule has 7 heteroatoms. The van der Waals surface area contributed by atoms with Crippen LogP contribution in [0.5, 0.6) is 0 Å². The Kier molecular flexibility index (Phi) is 6.64. The van der Waals surface area contributed by atoms with E-state index in [9.17, 15) is 9.90 Å². The largest absolute Gasteiger partial charge is 0.481 e. The SMILES string of the molecule is COCCOC(=S)NC1=CC(C(=O)O)(C(C)C)C(Cl)C=C1. The van der Waals surface area contributed by atoms with Gasteiger partial charge < -0.3 is 19.9 Å². The minimum atomic E-state index is -1.18. The molecule has 0 aliphatic heterocycles. The average molecular weight is 334 g/mol. The van der Waals surface area contributed by atoms with Gasteiger partial charge in [-0.1, -0.05) is 19.9 Å². The summed E-state index contributed by atoms with van der Waals surface area (Å²) in [6.07, 6.45) is 4.95. The Hall–Kier alpha value is -1.11. The molecule has 21 heavy (non-hydrogen) atoms. The molecular formula is C14H20ClNO4S. The maximum absolute atomic E-state index is 11.7. The first kappa shape index (κ1) is 17.9. The standard InChI is InChI=1S/C14H20ClNO4S/c1-9(2)14(12(17)18)8-10(4-5-11(14)15)16-13(21)20-7-6-19-3/h4-5,8-9,11H,6-7H2,1-3H3,(H,16,21)(H,17,18). The third-order valence-corrected chi connectivity index (χ3v) is 4.11. The first-order valence-corrected chi connectivity index (χ1v) is 7.40. The number of hydrogen-bond donors (Lipinski definition) is 2. The minimum absolute atomic E-state index is 0.166. The highest BCUT2D eigenvalue weighted by atomic mass is 35.5. The van der Waals surface area contributed by atoms with Crippen molar-refractivity contribution in [1.29, 1.82) is 0 Å². The molecule has 0 saturated heterocycles. The first-order chi connectivity index (χ1) is 9.84. The van der Waals surface area contributed by atoms with Gasteiger partial charge in [0.05, 0.1) is 12.0 Å². The second-order valence-electron chi connectivity index (χ2n) is 5.01. The van der Waals surface area contributed by atoms with Crippen LogP contribution >= 0.6 is 23.8 Å². The number of carboxylic acids is 1. The van der Waals surface area contributed by atoms with Crippen molar-refractivity contribution in [3.63, 3.8) is 0 Å². The van der Waals surface area contributed by atoms with Gasteiger partial charge >= 0.3 is 5.97 Å². The minimum Gasteiger partial charge on any atom is -0.481 e. The molecule has 5 nitrogen and oxygen atoms in total. The van der Waals surface area contributed by atoms with Crippen LogP contribution < -0.4 is 5.32 Å². The molecule has 0 saturated carbocycles. The van der Waals surface area contributed by atoms with Crippen molar-refractivity contribution < 1.29 is 19.4 Å². The molecule has 1 rings (SSSR count). The number of aliphatic carboxylic acids is 1. The van der Waals surface area contributed by atoms with E-state index >= 15 is 0 Å². The predicted octanol–water partition coefficient (Wildman–Crippen LogP) is 2.31. The summed E-state index contributed by atoms with van der Waals surface area (Å²) in [5, 5.41) is 12.0. The van der Waals surface area contributed by atoms with Crippen molar-refractivity contribution in [1.82, 2.24) is 5.32 Å². The van der Waals surface area contributed by atoms with Crippen molar-refractivity contribution in [2.75, 3.05) is 20.3 Å². The van der Waals surface area contributed by atoms with Crippen LogP contribution in [0.2, 0.25) is 0 Å². The van der Waals surface area contributed by atoms with Gasteiger partial charge in [-0.25, -0.2) is 0 Å². The van der Waals surface area contributed by atoms with Crippen LogP contribution in [0, 0.1) is 11.3 Å². The highest BCUT2D eigenvalue weighted by Crippen LogP contribution is 2.40. The van der Waals surface area contributed by atoms with Gasteiger partial charge in [0.25, 0.3) is 5.17 Å². The van der Waals surface area contributed by atoms with Gasteiger partial charge in [-0.2, -0.15) is 0 Å². The van der Waals surface area contributed by atoms with E-state index in [0.717, 1.165) is 0 Å². The van der Waals surface area contributed by atoms with Crippen molar-refractivity contribution in [2.45, 2.75) is 19.2 Å². The third kappa shape index (κ3) is 4.18. The van der Waals surface area contributed by atoms with Gasteiger partial charge in [0, 0.05) is 12.8 Å². The fraction of sp³-hybridized carbons (Fsp3) is 0.571. The lowest BCUT2D eigenvalue weighted by Gasteiger charge is -2.36. The third-order valence-electron chi connectivity index (χ3n) is 3.39. The topological polar surface area (TPSA) is 67.8 Å². The predicted molar refractivity (Wildman–Crippen MR) is 85.3 cm³/mol. The molecule has 0 amide bonds. The number of hydrogen-bond acceptors (Lipinski definition) is 4. The Morgan fingerprint density at radius 3 is 2.76 bits per heavy atom. The molecule has 0 bridgehead atoms. The number of allylic oxidation sites excluding steroid dienone is 2. The monoisotopic (exact) mass is 333 g/mol. The molecule has 2 atom stereocenters. The summed E-state index contributed by atoms with van der Waals surface area (Å²) in [6, 6.07) is 0. The summed E-state index contributed by atoms with van der Waals surface area (Å²) in [7, 11) is 1.57. The van der Waals surface area contributed by atoms with Crippen LogP contribution in [-0.4, -0.2) is 42.0 Å². The summed E-state index contributed by atoms with van der Waals surface area (Å²) < 4.78 is 10.1. The zero-order valence-electron chi connectivity index (χ0n) is 12.3. The van der Waals surface area contributed by atoms with Crippen molar-refractivity contribution in [2.24, 2.45) is 11.3 Å². The molecule has 2 unspecified atom stereocenters. The maximum Gasteiger partial charge on any atom is 0.315 e. The fourth-order valence-corrected chi connectivity index (χ4v) is 2.78. The summed E-state index contributed by atoms with van der Waals surface area (Å²) in [5.74, 6) is -1.14. The Bertz CT molecular complexity index is 464. The molecule has 118 valence electrons. The Morgan fingerprint density at radius 2 is 2.24 bits per heavy atom. The summed E-state index contributed by atoms with van der Waals surface area (Å²) >= 11 is 11.3. The first-order valence-electron chi connectivity index (χ1n) is 6.55. The van der Waals surface area contributed by atoms with E-state index in [4.69, 9.17) is 33.3 Å². The smallest absolute Gasteiger partial charge is 0.315 e. The number of ether oxygens (including phenoxy) is 2. The van der Waals surface area contributed by atoms with Crippen molar-refractivity contribution in [3.05, 3.63) is 23.9 Å². The van der Waals surface area contributed by atoms with E-state index in [1.807, 2.05) is 13.8 Å². The molecule has 0 fully saturated rings. The number of carboxylic acid groups (broad SMARTS) is 1. The molecule has 0 heterocycles. The second-order valence-corrected chi connectivity index (χ2v) is 5.85.